The summed E-state index contributed by atoms with van der Waals surface area (Å²) in [6.45, 7) is 1.60. The number of nitrogens with one attached hydrogen (secondary N) is 1. The summed E-state index contributed by atoms with van der Waals surface area (Å²) in [7, 11) is 0. The lowest BCUT2D eigenvalue weighted by Crippen LogP contribution is -2.37. The van der Waals surface area contributed by atoms with E-state index in [9.17, 15) is 4.79 Å². The molecule has 0 bridgehead atoms. The van der Waals surface area contributed by atoms with Crippen molar-refractivity contribution < 1.29 is 9.53 Å². The zero-order chi connectivity index (χ0) is 10.3. The third kappa shape index (κ3) is 1.43. The van der Waals surface area contributed by atoms with Crippen molar-refractivity contribution >= 4 is 11.6 Å². The molecule has 1 N–H and O–H groups in total. The summed E-state index contributed by atoms with van der Waals surface area (Å²) in [5, 5.41) is 2.91. The number of rotatable bonds is 1. The molecule has 1 atom stereocenters. The van der Waals surface area contributed by atoms with Crippen LogP contribution < -0.4 is 5.32 Å². The Balaban J connectivity index is 1.98. The molecule has 0 radical (unpaired) electrons. The summed E-state index contributed by atoms with van der Waals surface area (Å²) in [6.07, 6.45) is 0.602. The zero-order valence-electron chi connectivity index (χ0n) is 8.40. The van der Waals surface area contributed by atoms with Crippen LogP contribution in [0.25, 0.3) is 0 Å². The van der Waals surface area contributed by atoms with Crippen LogP contribution in [-0.4, -0.2) is 19.1 Å². The molecule has 15 heavy (non-hydrogen) atoms. The summed E-state index contributed by atoms with van der Waals surface area (Å²) in [5.74, 6) is 1.01. The molecule has 0 saturated carbocycles. The van der Waals surface area contributed by atoms with Crippen LogP contribution >= 0.6 is 0 Å². The first kappa shape index (κ1) is 8.92. The van der Waals surface area contributed by atoms with Crippen LogP contribution in [0.2, 0.25) is 0 Å². The van der Waals surface area contributed by atoms with Crippen molar-refractivity contribution in [3.63, 3.8) is 0 Å². The van der Waals surface area contributed by atoms with Crippen LogP contribution in [-0.2, 0) is 9.53 Å². The van der Waals surface area contributed by atoms with Gasteiger partial charge in [-0.05, 0) is 11.6 Å². The molecule has 2 heterocycles. The minimum Gasteiger partial charge on any atom is -0.381 e. The topological polar surface area (TPSA) is 38.3 Å². The van der Waals surface area contributed by atoms with Gasteiger partial charge in [0, 0.05) is 23.9 Å². The number of para-hydroxylation sites is 1. The van der Waals surface area contributed by atoms with Gasteiger partial charge in [-0.2, -0.15) is 0 Å². The van der Waals surface area contributed by atoms with Gasteiger partial charge >= 0.3 is 0 Å². The van der Waals surface area contributed by atoms with Crippen molar-refractivity contribution in [3.8, 4) is 0 Å². The molecule has 1 aromatic rings. The molecule has 1 saturated heterocycles. The molecule has 1 amide bonds. The van der Waals surface area contributed by atoms with Crippen molar-refractivity contribution in [3.05, 3.63) is 29.8 Å². The van der Waals surface area contributed by atoms with Gasteiger partial charge in [-0.15, -0.1) is 0 Å². The van der Waals surface area contributed by atoms with Crippen LogP contribution in [0, 0.1) is 5.92 Å². The molecule has 2 aliphatic rings. The average Bonchev–Trinajstić information content (AvgIpc) is 2.14. The fourth-order valence-electron chi connectivity index (χ4n) is 2.35. The lowest BCUT2D eigenvalue weighted by Gasteiger charge is -2.36. The molecule has 1 aromatic carbocycles. The van der Waals surface area contributed by atoms with Gasteiger partial charge in [-0.3, -0.25) is 4.79 Å². The molecule has 3 nitrogen and oxygen atoms in total. The fraction of sp³-hybridized carbons (Fsp3) is 0.417. The van der Waals surface area contributed by atoms with Crippen LogP contribution in [0.3, 0.4) is 0 Å². The van der Waals surface area contributed by atoms with Crippen molar-refractivity contribution in [2.24, 2.45) is 5.92 Å². The SMILES string of the molecule is O=C1C[C@H](C2COC2)c2ccccc2N1. The zero-order valence-corrected chi connectivity index (χ0v) is 8.40. The van der Waals surface area contributed by atoms with E-state index in [1.165, 1.54) is 5.56 Å². The summed E-state index contributed by atoms with van der Waals surface area (Å²) >= 11 is 0. The number of hydrogen-bond acceptors (Lipinski definition) is 2. The standard InChI is InChI=1S/C12H13NO2/c14-12-5-10(8-6-15-7-8)9-3-1-2-4-11(9)13-12/h1-4,8,10H,5-7H2,(H,13,14)/t10-/m1/s1. The fourth-order valence-corrected chi connectivity index (χ4v) is 2.35. The van der Waals surface area contributed by atoms with Crippen LogP contribution in [0.15, 0.2) is 24.3 Å². The maximum absolute atomic E-state index is 11.5. The minimum atomic E-state index is 0.130. The second-order valence-electron chi connectivity index (χ2n) is 4.24. The normalized spacial score (nSPS) is 25.3. The summed E-state index contributed by atoms with van der Waals surface area (Å²) in [5.41, 5.74) is 2.25. The first-order chi connectivity index (χ1) is 7.34. The number of benzene rings is 1. The Morgan fingerprint density at radius 3 is 2.80 bits per heavy atom. The lowest BCUT2D eigenvalue weighted by molar-refractivity contribution is -0.118. The van der Waals surface area contributed by atoms with E-state index < -0.39 is 0 Å². The predicted molar refractivity (Wildman–Crippen MR) is 56.7 cm³/mol. The Morgan fingerprint density at radius 1 is 1.27 bits per heavy atom. The van der Waals surface area contributed by atoms with Gasteiger partial charge in [0.2, 0.25) is 5.91 Å². The quantitative estimate of drug-likeness (QED) is 0.755. The van der Waals surface area contributed by atoms with E-state index in [0.717, 1.165) is 18.9 Å². The number of hydrogen-bond donors (Lipinski definition) is 1. The van der Waals surface area contributed by atoms with E-state index in [4.69, 9.17) is 4.74 Å². The molecule has 0 spiro atoms. The molecular weight excluding hydrogens is 190 g/mol. The third-order valence-electron chi connectivity index (χ3n) is 3.27. The molecule has 0 unspecified atom stereocenters. The van der Waals surface area contributed by atoms with Gasteiger partial charge in [0.25, 0.3) is 0 Å². The average molecular weight is 203 g/mol. The maximum Gasteiger partial charge on any atom is 0.225 e. The third-order valence-corrected chi connectivity index (χ3v) is 3.27. The van der Waals surface area contributed by atoms with E-state index >= 15 is 0 Å². The highest BCUT2D eigenvalue weighted by molar-refractivity contribution is 5.94. The van der Waals surface area contributed by atoms with E-state index in [1.807, 2.05) is 18.2 Å². The molecule has 3 rings (SSSR count). The highest BCUT2D eigenvalue weighted by Crippen LogP contribution is 2.39. The number of ether oxygens (including phenoxy) is 1. The first-order valence-electron chi connectivity index (χ1n) is 5.31. The van der Waals surface area contributed by atoms with E-state index in [1.54, 1.807) is 0 Å². The second-order valence-corrected chi connectivity index (χ2v) is 4.24. The molecular formula is C12H13NO2. The highest BCUT2D eigenvalue weighted by atomic mass is 16.5. The number of fused-ring (bicyclic) bond motifs is 1. The monoisotopic (exact) mass is 203 g/mol. The van der Waals surface area contributed by atoms with Crippen LogP contribution in [0.1, 0.15) is 17.9 Å². The molecule has 78 valence electrons. The Kier molecular flexibility index (Phi) is 1.99. The smallest absolute Gasteiger partial charge is 0.225 e. The van der Waals surface area contributed by atoms with Gasteiger partial charge in [-0.1, -0.05) is 18.2 Å². The lowest BCUT2D eigenvalue weighted by atomic mass is 9.79. The van der Waals surface area contributed by atoms with Gasteiger partial charge in [-0.25, -0.2) is 0 Å². The van der Waals surface area contributed by atoms with Crippen LogP contribution in [0.5, 0.6) is 0 Å². The largest absolute Gasteiger partial charge is 0.381 e. The van der Waals surface area contributed by atoms with E-state index in [2.05, 4.69) is 11.4 Å². The van der Waals surface area contributed by atoms with Gasteiger partial charge < -0.3 is 10.1 Å². The minimum absolute atomic E-state index is 0.130. The number of carbonyl (C=O) groups excluding carboxylic acids is 1. The van der Waals surface area contributed by atoms with Crippen molar-refractivity contribution in [1.82, 2.24) is 0 Å². The summed E-state index contributed by atoms with van der Waals surface area (Å²) in [6, 6.07) is 8.07. The van der Waals surface area contributed by atoms with Gasteiger partial charge in [0.15, 0.2) is 0 Å². The second kappa shape index (κ2) is 3.35. The number of carbonyl (C=O) groups is 1. The van der Waals surface area contributed by atoms with Crippen molar-refractivity contribution in [2.75, 3.05) is 18.5 Å². The highest BCUT2D eigenvalue weighted by Gasteiger charge is 2.35. The Bertz CT molecular complexity index is 398. The van der Waals surface area contributed by atoms with Crippen LogP contribution in [0.4, 0.5) is 5.69 Å². The maximum atomic E-state index is 11.5. The number of amides is 1. The van der Waals surface area contributed by atoms with Crippen molar-refractivity contribution in [1.29, 1.82) is 0 Å². The predicted octanol–water partition coefficient (Wildman–Crippen LogP) is 1.76. The van der Waals surface area contributed by atoms with E-state index in [-0.39, 0.29) is 5.91 Å². The van der Waals surface area contributed by atoms with Gasteiger partial charge in [0.05, 0.1) is 13.2 Å². The molecule has 0 aliphatic carbocycles. The molecule has 3 heteroatoms. The summed E-state index contributed by atoms with van der Waals surface area (Å²) < 4.78 is 5.21. The molecule has 1 fully saturated rings. The Hall–Kier alpha value is -1.35. The van der Waals surface area contributed by atoms with Crippen molar-refractivity contribution in [2.45, 2.75) is 12.3 Å². The Labute approximate surface area is 88.4 Å². The molecule has 2 aliphatic heterocycles. The van der Waals surface area contributed by atoms with Gasteiger partial charge in [0.1, 0.15) is 0 Å². The Morgan fingerprint density at radius 2 is 2.07 bits per heavy atom. The molecule has 0 aromatic heterocycles. The first-order valence-corrected chi connectivity index (χ1v) is 5.31. The van der Waals surface area contributed by atoms with E-state index in [0.29, 0.717) is 18.3 Å². The number of anilines is 1. The summed E-state index contributed by atoms with van der Waals surface area (Å²) in [4.78, 5) is 11.5.